The van der Waals surface area contributed by atoms with Crippen LogP contribution in [0.5, 0.6) is 0 Å². The number of piperidine rings is 1. The molecule has 0 aliphatic carbocycles. The number of likely N-dealkylation sites (N-methyl/N-ethyl adjacent to an activating group) is 1. The highest BCUT2D eigenvalue weighted by Crippen LogP contribution is 2.21. The lowest BCUT2D eigenvalue weighted by Gasteiger charge is -2.34. The topological polar surface area (TPSA) is 40.6 Å². The molecule has 1 fully saturated rings. The van der Waals surface area contributed by atoms with E-state index >= 15 is 0 Å². The summed E-state index contributed by atoms with van der Waals surface area (Å²) in [6.07, 6.45) is 3.41. The summed E-state index contributed by atoms with van der Waals surface area (Å²) in [5.74, 6) is 0.928. The van der Waals surface area contributed by atoms with Crippen molar-refractivity contribution in [2.45, 2.75) is 25.7 Å². The van der Waals surface area contributed by atoms with Crippen molar-refractivity contribution in [3.8, 4) is 0 Å². The van der Waals surface area contributed by atoms with Crippen LogP contribution in [0.4, 0.5) is 0 Å². The van der Waals surface area contributed by atoms with E-state index < -0.39 is 10.0 Å². The first-order valence-electron chi connectivity index (χ1n) is 8.05. The summed E-state index contributed by atoms with van der Waals surface area (Å²) < 4.78 is 25.0. The zero-order chi connectivity index (χ0) is 16.2. The maximum absolute atomic E-state index is 11.7. The third-order valence-electron chi connectivity index (χ3n) is 4.47. The molecule has 1 aliphatic heterocycles. The van der Waals surface area contributed by atoms with Gasteiger partial charge in [0, 0.05) is 26.2 Å². The first kappa shape index (κ1) is 17.4. The lowest BCUT2D eigenvalue weighted by molar-refractivity contribution is 0.196. The summed E-state index contributed by atoms with van der Waals surface area (Å²) >= 11 is 0. The van der Waals surface area contributed by atoms with Crippen molar-refractivity contribution in [2.75, 3.05) is 39.5 Å². The second-order valence-corrected chi connectivity index (χ2v) is 8.64. The van der Waals surface area contributed by atoms with Crippen LogP contribution in [0.15, 0.2) is 30.3 Å². The van der Waals surface area contributed by atoms with E-state index in [-0.39, 0.29) is 0 Å². The van der Waals surface area contributed by atoms with Gasteiger partial charge in [-0.05, 0) is 37.3 Å². The average Bonchev–Trinajstić information content (AvgIpc) is 2.47. The Morgan fingerprint density at radius 3 is 2.64 bits per heavy atom. The molecule has 0 aromatic heterocycles. The third-order valence-corrected chi connectivity index (χ3v) is 5.74. The number of sulfonamides is 1. The molecule has 1 heterocycles. The first-order chi connectivity index (χ1) is 10.4. The molecule has 2 atom stereocenters. The van der Waals surface area contributed by atoms with Crippen molar-refractivity contribution in [3.05, 3.63) is 35.9 Å². The summed E-state index contributed by atoms with van der Waals surface area (Å²) in [4.78, 5) is 2.34. The quantitative estimate of drug-likeness (QED) is 0.807. The Balaban J connectivity index is 1.85. The second-order valence-electron chi connectivity index (χ2n) is 6.66. The van der Waals surface area contributed by atoms with Gasteiger partial charge in [-0.25, -0.2) is 12.7 Å². The molecule has 5 heteroatoms. The van der Waals surface area contributed by atoms with Crippen molar-refractivity contribution in [1.29, 1.82) is 0 Å². The summed E-state index contributed by atoms with van der Waals surface area (Å²) in [6.45, 7) is 5.56. The second kappa shape index (κ2) is 7.57. The van der Waals surface area contributed by atoms with Crippen LogP contribution in [0.2, 0.25) is 0 Å². The van der Waals surface area contributed by atoms with Crippen molar-refractivity contribution in [3.63, 3.8) is 0 Å². The first-order valence-corrected chi connectivity index (χ1v) is 9.89. The van der Waals surface area contributed by atoms with Gasteiger partial charge >= 0.3 is 0 Å². The minimum Gasteiger partial charge on any atom is -0.305 e. The fraction of sp³-hybridized carbons (Fsp3) is 0.647. The molecule has 1 saturated heterocycles. The number of hydrogen-bond acceptors (Lipinski definition) is 3. The highest BCUT2D eigenvalue weighted by atomic mass is 32.2. The van der Waals surface area contributed by atoms with Gasteiger partial charge in [0.15, 0.2) is 0 Å². The number of hydrogen-bond donors (Lipinski definition) is 0. The van der Waals surface area contributed by atoms with Gasteiger partial charge in [-0.3, -0.25) is 0 Å². The number of rotatable bonds is 6. The van der Waals surface area contributed by atoms with E-state index in [9.17, 15) is 8.42 Å². The summed E-state index contributed by atoms with van der Waals surface area (Å²) in [7, 11) is -0.908. The van der Waals surface area contributed by atoms with Gasteiger partial charge in [0.2, 0.25) is 10.0 Å². The molecule has 2 rings (SSSR count). The lowest BCUT2D eigenvalue weighted by atomic mass is 9.97. The Morgan fingerprint density at radius 2 is 2.00 bits per heavy atom. The lowest BCUT2D eigenvalue weighted by Crippen LogP contribution is -2.43. The molecule has 1 aliphatic rings. The molecule has 0 amide bonds. The van der Waals surface area contributed by atoms with Gasteiger partial charge in [0.1, 0.15) is 0 Å². The van der Waals surface area contributed by atoms with E-state index in [0.717, 1.165) is 25.9 Å². The fourth-order valence-electron chi connectivity index (χ4n) is 3.35. The van der Waals surface area contributed by atoms with Crippen molar-refractivity contribution < 1.29 is 8.42 Å². The Bertz CT molecular complexity index is 559. The molecule has 22 heavy (non-hydrogen) atoms. The van der Waals surface area contributed by atoms with Crippen LogP contribution >= 0.6 is 0 Å². The van der Waals surface area contributed by atoms with Gasteiger partial charge in [-0.15, -0.1) is 0 Å². The molecule has 0 N–H and O–H groups in total. The van der Waals surface area contributed by atoms with Crippen LogP contribution in [-0.2, 0) is 10.0 Å². The van der Waals surface area contributed by atoms with E-state index in [4.69, 9.17) is 0 Å². The summed E-state index contributed by atoms with van der Waals surface area (Å²) in [6, 6.07) is 10.5. The zero-order valence-corrected chi connectivity index (χ0v) is 14.7. The molecule has 124 valence electrons. The largest absolute Gasteiger partial charge is 0.305 e. The van der Waals surface area contributed by atoms with Crippen LogP contribution in [-0.4, -0.2) is 57.1 Å². The van der Waals surface area contributed by atoms with Crippen molar-refractivity contribution in [1.82, 2.24) is 9.21 Å². The van der Waals surface area contributed by atoms with E-state index in [2.05, 4.69) is 43.1 Å². The van der Waals surface area contributed by atoms with Gasteiger partial charge < -0.3 is 4.90 Å². The molecular formula is C17H28N2O2S. The molecule has 0 radical (unpaired) electrons. The predicted octanol–water partition coefficient (Wildman–Crippen LogP) is 2.39. The Hall–Kier alpha value is -0.910. The van der Waals surface area contributed by atoms with E-state index in [1.54, 1.807) is 4.31 Å². The van der Waals surface area contributed by atoms with Gasteiger partial charge in [-0.1, -0.05) is 37.3 Å². The zero-order valence-electron chi connectivity index (χ0n) is 13.9. The summed E-state index contributed by atoms with van der Waals surface area (Å²) in [5.41, 5.74) is 1.36. The standard InChI is InChI=1S/C17H28N2O2S/c1-15(17-9-5-4-6-10-17)12-18(2)13-16-8-7-11-19(14-16)22(3,20)21/h4-6,9-10,15-16H,7-8,11-14H2,1-3H3/t15-,16-/m0/s1. The molecule has 4 nitrogen and oxygen atoms in total. The van der Waals surface area contributed by atoms with Gasteiger partial charge in [0.05, 0.1) is 6.26 Å². The summed E-state index contributed by atoms with van der Waals surface area (Å²) in [5, 5.41) is 0. The van der Waals surface area contributed by atoms with Crippen LogP contribution in [0.3, 0.4) is 0 Å². The highest BCUT2D eigenvalue weighted by Gasteiger charge is 2.26. The fourth-order valence-corrected chi connectivity index (χ4v) is 4.29. The molecule has 1 aromatic carbocycles. The Labute approximate surface area is 135 Å². The predicted molar refractivity (Wildman–Crippen MR) is 91.5 cm³/mol. The van der Waals surface area contributed by atoms with Crippen LogP contribution in [0, 0.1) is 5.92 Å². The molecule has 1 aromatic rings. The molecule has 0 unspecified atom stereocenters. The Morgan fingerprint density at radius 1 is 1.32 bits per heavy atom. The smallest absolute Gasteiger partial charge is 0.211 e. The number of benzene rings is 1. The van der Waals surface area contributed by atoms with E-state index in [1.807, 2.05) is 6.07 Å². The van der Waals surface area contributed by atoms with Crippen LogP contribution in [0.1, 0.15) is 31.2 Å². The van der Waals surface area contributed by atoms with Crippen molar-refractivity contribution in [2.24, 2.45) is 5.92 Å². The van der Waals surface area contributed by atoms with Gasteiger partial charge in [0.25, 0.3) is 0 Å². The molecule has 0 bridgehead atoms. The molecule has 0 spiro atoms. The third kappa shape index (κ3) is 5.07. The van der Waals surface area contributed by atoms with Crippen molar-refractivity contribution >= 4 is 10.0 Å². The average molecular weight is 324 g/mol. The molecular weight excluding hydrogens is 296 g/mol. The molecule has 0 saturated carbocycles. The van der Waals surface area contributed by atoms with Crippen LogP contribution < -0.4 is 0 Å². The van der Waals surface area contributed by atoms with E-state index in [1.165, 1.54) is 11.8 Å². The SMILES string of the molecule is C[C@@H](CN(C)C[C@@H]1CCCN(S(C)(=O)=O)C1)c1ccccc1. The van der Waals surface area contributed by atoms with Gasteiger partial charge in [-0.2, -0.15) is 0 Å². The van der Waals surface area contributed by atoms with E-state index in [0.29, 0.717) is 24.9 Å². The Kier molecular flexibility index (Phi) is 6.01. The highest BCUT2D eigenvalue weighted by molar-refractivity contribution is 7.88. The normalized spacial score (nSPS) is 21.9. The van der Waals surface area contributed by atoms with Crippen LogP contribution in [0.25, 0.3) is 0 Å². The number of nitrogens with zero attached hydrogens (tertiary/aromatic N) is 2. The minimum absolute atomic E-state index is 0.441. The minimum atomic E-state index is -3.05. The maximum atomic E-state index is 11.7. The monoisotopic (exact) mass is 324 g/mol. The maximum Gasteiger partial charge on any atom is 0.211 e.